The highest BCUT2D eigenvalue weighted by Gasteiger charge is 2.34. The molecule has 1 aliphatic heterocycles. The van der Waals surface area contributed by atoms with Crippen molar-refractivity contribution < 1.29 is 0 Å². The SMILES string of the molecule is Cc1cc2c(cc1/C=C(/C#N)c1ccc(Cl)cc1)C(C)CC(C)(C)N2C. The van der Waals surface area contributed by atoms with E-state index in [2.05, 4.69) is 57.8 Å². The van der Waals surface area contributed by atoms with Crippen LogP contribution in [0.15, 0.2) is 36.4 Å². The minimum atomic E-state index is 0.150. The molecule has 0 bridgehead atoms. The lowest BCUT2D eigenvalue weighted by Crippen LogP contribution is -2.45. The Kier molecular flexibility index (Phi) is 4.86. The largest absolute Gasteiger partial charge is 0.369 e. The summed E-state index contributed by atoms with van der Waals surface area (Å²) in [6.45, 7) is 9.00. The predicted molar refractivity (Wildman–Crippen MR) is 112 cm³/mol. The van der Waals surface area contributed by atoms with Crippen LogP contribution in [0.1, 0.15) is 55.4 Å². The number of hydrogen-bond donors (Lipinski definition) is 0. The summed E-state index contributed by atoms with van der Waals surface area (Å²) in [4.78, 5) is 2.38. The average molecular weight is 365 g/mol. The molecule has 134 valence electrons. The number of allylic oxidation sites excluding steroid dienone is 1. The fraction of sp³-hybridized carbons (Fsp3) is 0.348. The summed E-state index contributed by atoms with van der Waals surface area (Å²) in [6, 6.07) is 14.3. The van der Waals surface area contributed by atoms with Gasteiger partial charge in [0.25, 0.3) is 0 Å². The summed E-state index contributed by atoms with van der Waals surface area (Å²) < 4.78 is 0. The number of nitriles is 1. The van der Waals surface area contributed by atoms with Crippen molar-refractivity contribution >= 4 is 28.9 Å². The van der Waals surface area contributed by atoms with E-state index in [1.54, 1.807) is 0 Å². The first-order chi connectivity index (χ1) is 12.2. The Morgan fingerprint density at radius 1 is 1.27 bits per heavy atom. The topological polar surface area (TPSA) is 27.0 Å². The third kappa shape index (κ3) is 3.37. The van der Waals surface area contributed by atoms with Gasteiger partial charge in [-0.3, -0.25) is 0 Å². The maximum Gasteiger partial charge on any atom is 0.0998 e. The van der Waals surface area contributed by atoms with Crippen molar-refractivity contribution in [2.24, 2.45) is 0 Å². The maximum absolute atomic E-state index is 9.64. The second-order valence-corrected chi connectivity index (χ2v) is 8.36. The van der Waals surface area contributed by atoms with Crippen molar-refractivity contribution in [3.8, 4) is 6.07 Å². The van der Waals surface area contributed by atoms with Crippen LogP contribution in [-0.4, -0.2) is 12.6 Å². The number of halogens is 1. The van der Waals surface area contributed by atoms with Crippen molar-refractivity contribution in [1.82, 2.24) is 0 Å². The van der Waals surface area contributed by atoms with E-state index in [1.807, 2.05) is 30.3 Å². The Hall–Kier alpha value is -2.24. The van der Waals surface area contributed by atoms with Gasteiger partial charge in [0.15, 0.2) is 0 Å². The third-order valence-corrected chi connectivity index (χ3v) is 5.85. The number of benzene rings is 2. The average Bonchev–Trinajstić information content (AvgIpc) is 2.59. The lowest BCUT2D eigenvalue weighted by Gasteiger charge is -2.45. The van der Waals surface area contributed by atoms with Crippen LogP contribution >= 0.6 is 11.6 Å². The molecule has 1 atom stereocenters. The van der Waals surface area contributed by atoms with E-state index in [1.165, 1.54) is 16.8 Å². The monoisotopic (exact) mass is 364 g/mol. The summed E-state index contributed by atoms with van der Waals surface area (Å²) >= 11 is 5.97. The predicted octanol–water partition coefficient (Wildman–Crippen LogP) is 6.43. The number of anilines is 1. The molecule has 3 rings (SSSR count). The van der Waals surface area contributed by atoms with Gasteiger partial charge in [-0.05, 0) is 85.7 Å². The van der Waals surface area contributed by atoms with Crippen LogP contribution in [0.5, 0.6) is 0 Å². The molecule has 1 aliphatic rings. The number of fused-ring (bicyclic) bond motifs is 1. The Bertz CT molecular complexity index is 901. The zero-order chi connectivity index (χ0) is 19.1. The third-order valence-electron chi connectivity index (χ3n) is 5.60. The van der Waals surface area contributed by atoms with Gasteiger partial charge in [0.2, 0.25) is 0 Å². The van der Waals surface area contributed by atoms with Crippen molar-refractivity contribution in [3.05, 3.63) is 63.7 Å². The Balaban J connectivity index is 2.08. The van der Waals surface area contributed by atoms with Gasteiger partial charge in [0.1, 0.15) is 0 Å². The van der Waals surface area contributed by atoms with E-state index < -0.39 is 0 Å². The first-order valence-corrected chi connectivity index (χ1v) is 9.37. The molecule has 0 fully saturated rings. The van der Waals surface area contributed by atoms with Gasteiger partial charge in [-0.2, -0.15) is 5.26 Å². The van der Waals surface area contributed by atoms with Crippen molar-refractivity contribution in [1.29, 1.82) is 5.26 Å². The number of aryl methyl sites for hydroxylation is 1. The summed E-state index contributed by atoms with van der Waals surface area (Å²) in [7, 11) is 2.17. The molecule has 2 aromatic rings. The Morgan fingerprint density at radius 3 is 2.54 bits per heavy atom. The van der Waals surface area contributed by atoms with Crippen LogP contribution in [0.25, 0.3) is 11.6 Å². The molecule has 1 unspecified atom stereocenters. The summed E-state index contributed by atoms with van der Waals surface area (Å²) in [5.41, 5.74) is 6.64. The van der Waals surface area contributed by atoms with Gasteiger partial charge in [-0.15, -0.1) is 0 Å². The fourth-order valence-corrected chi connectivity index (χ4v) is 3.98. The van der Waals surface area contributed by atoms with Crippen LogP contribution in [-0.2, 0) is 0 Å². The highest BCUT2D eigenvalue weighted by Crippen LogP contribution is 2.43. The lowest BCUT2D eigenvalue weighted by molar-refractivity contribution is 0.395. The molecule has 0 aromatic heterocycles. The van der Waals surface area contributed by atoms with Gasteiger partial charge < -0.3 is 4.90 Å². The summed E-state index contributed by atoms with van der Waals surface area (Å²) in [5, 5.41) is 10.3. The molecule has 0 saturated carbocycles. The molecular weight excluding hydrogens is 340 g/mol. The molecule has 0 spiro atoms. The molecule has 0 radical (unpaired) electrons. The van der Waals surface area contributed by atoms with E-state index in [0.717, 1.165) is 17.5 Å². The maximum atomic E-state index is 9.64. The normalized spacial score (nSPS) is 19.0. The summed E-state index contributed by atoms with van der Waals surface area (Å²) in [6.07, 6.45) is 3.11. The summed E-state index contributed by atoms with van der Waals surface area (Å²) in [5.74, 6) is 0.491. The number of rotatable bonds is 2. The minimum absolute atomic E-state index is 0.150. The van der Waals surface area contributed by atoms with Gasteiger partial charge in [-0.25, -0.2) is 0 Å². The molecule has 0 saturated heterocycles. The van der Waals surface area contributed by atoms with Crippen molar-refractivity contribution in [2.75, 3.05) is 11.9 Å². The highest BCUT2D eigenvalue weighted by molar-refractivity contribution is 6.30. The van der Waals surface area contributed by atoms with E-state index in [-0.39, 0.29) is 5.54 Å². The molecule has 2 aromatic carbocycles. The van der Waals surface area contributed by atoms with E-state index >= 15 is 0 Å². The van der Waals surface area contributed by atoms with Crippen LogP contribution in [0.2, 0.25) is 5.02 Å². The van der Waals surface area contributed by atoms with Gasteiger partial charge in [0, 0.05) is 23.3 Å². The molecule has 3 heteroatoms. The zero-order valence-corrected chi connectivity index (χ0v) is 16.9. The first kappa shape index (κ1) is 18.5. The molecule has 0 amide bonds. The van der Waals surface area contributed by atoms with Crippen LogP contribution < -0.4 is 4.90 Å². The highest BCUT2D eigenvalue weighted by atomic mass is 35.5. The van der Waals surface area contributed by atoms with E-state index in [4.69, 9.17) is 11.6 Å². The molecule has 0 aliphatic carbocycles. The molecule has 2 nitrogen and oxygen atoms in total. The van der Waals surface area contributed by atoms with Crippen molar-refractivity contribution in [3.63, 3.8) is 0 Å². The minimum Gasteiger partial charge on any atom is -0.369 e. The van der Waals surface area contributed by atoms with Crippen LogP contribution in [0.4, 0.5) is 5.69 Å². The lowest BCUT2D eigenvalue weighted by atomic mass is 9.79. The molecule has 1 heterocycles. The zero-order valence-electron chi connectivity index (χ0n) is 16.1. The standard InChI is InChI=1S/C23H25ClN2/c1-15-10-22-21(16(2)13-23(3,4)26(22)5)12-18(15)11-19(14-25)17-6-8-20(24)9-7-17/h6-12,16H,13H2,1-5H3/b19-11-. The van der Waals surface area contributed by atoms with Crippen molar-refractivity contribution in [2.45, 2.75) is 45.6 Å². The Morgan fingerprint density at radius 2 is 1.92 bits per heavy atom. The molecule has 0 N–H and O–H groups in total. The second-order valence-electron chi connectivity index (χ2n) is 7.92. The molecule has 26 heavy (non-hydrogen) atoms. The Labute approximate surface area is 161 Å². The molecular formula is C23H25ClN2. The smallest absolute Gasteiger partial charge is 0.0998 e. The number of hydrogen-bond acceptors (Lipinski definition) is 2. The van der Waals surface area contributed by atoms with E-state index in [0.29, 0.717) is 16.5 Å². The van der Waals surface area contributed by atoms with Gasteiger partial charge >= 0.3 is 0 Å². The fourth-order valence-electron chi connectivity index (χ4n) is 3.86. The van der Waals surface area contributed by atoms with Crippen LogP contribution in [0.3, 0.4) is 0 Å². The number of nitrogens with zero attached hydrogens (tertiary/aromatic N) is 2. The first-order valence-electron chi connectivity index (χ1n) is 8.99. The van der Waals surface area contributed by atoms with E-state index in [9.17, 15) is 5.26 Å². The van der Waals surface area contributed by atoms with Gasteiger partial charge in [0.05, 0.1) is 11.6 Å². The van der Waals surface area contributed by atoms with Gasteiger partial charge in [-0.1, -0.05) is 30.7 Å². The second kappa shape index (κ2) is 6.82. The quantitative estimate of drug-likeness (QED) is 0.453. The van der Waals surface area contributed by atoms with Crippen LogP contribution in [0, 0.1) is 18.3 Å².